The summed E-state index contributed by atoms with van der Waals surface area (Å²) in [5.74, 6) is 0.558. The Hall–Kier alpha value is -0.0800. The van der Waals surface area contributed by atoms with Gasteiger partial charge in [0.2, 0.25) is 0 Å². The average Bonchev–Trinajstić information content (AvgIpc) is 2.99. The molecule has 2 rings (SSSR count). The van der Waals surface area contributed by atoms with Crippen LogP contribution in [0, 0.1) is 5.92 Å². The lowest BCUT2D eigenvalue weighted by Gasteiger charge is -2.32. The van der Waals surface area contributed by atoms with E-state index in [1.54, 1.807) is 0 Å². The highest BCUT2D eigenvalue weighted by Gasteiger charge is 2.33. The smallest absolute Gasteiger partial charge is 0.0648 e. The summed E-state index contributed by atoms with van der Waals surface area (Å²) in [6.45, 7) is 0. The maximum absolute atomic E-state index is 10.2. The molecule has 2 saturated carbocycles. The van der Waals surface area contributed by atoms with Crippen LogP contribution in [-0.2, 0) is 0 Å². The molecule has 0 aromatic carbocycles. The van der Waals surface area contributed by atoms with Gasteiger partial charge in [-0.25, -0.2) is 0 Å². The van der Waals surface area contributed by atoms with Crippen LogP contribution in [-0.4, -0.2) is 21.9 Å². The zero-order valence-corrected chi connectivity index (χ0v) is 8.91. The Kier molecular flexibility index (Phi) is 3.13. The Morgan fingerprint density at radius 3 is 2.36 bits per heavy atom. The third kappa shape index (κ3) is 2.71. The van der Waals surface area contributed by atoms with Crippen molar-refractivity contribution in [2.45, 2.75) is 69.5 Å². The molecule has 0 saturated heterocycles. The van der Waals surface area contributed by atoms with Crippen molar-refractivity contribution >= 4 is 0 Å². The highest BCUT2D eigenvalue weighted by atomic mass is 16.3. The van der Waals surface area contributed by atoms with Gasteiger partial charge in [0.05, 0.1) is 11.7 Å². The molecule has 2 aliphatic carbocycles. The molecule has 0 amide bonds. The van der Waals surface area contributed by atoms with Gasteiger partial charge in [0.15, 0.2) is 0 Å². The van der Waals surface area contributed by atoms with Crippen LogP contribution in [0.3, 0.4) is 0 Å². The number of aliphatic hydroxyl groups excluding tert-OH is 1. The van der Waals surface area contributed by atoms with Crippen LogP contribution in [0.4, 0.5) is 0 Å². The highest BCUT2D eigenvalue weighted by molar-refractivity contribution is 4.86. The molecular weight excluding hydrogens is 176 g/mol. The summed E-state index contributed by atoms with van der Waals surface area (Å²) >= 11 is 0. The maximum Gasteiger partial charge on any atom is 0.0648 e. The van der Waals surface area contributed by atoms with E-state index in [0.29, 0.717) is 5.92 Å². The summed E-state index contributed by atoms with van der Waals surface area (Å²) in [7, 11) is 0. The molecule has 2 heteroatoms. The standard InChI is InChI=1S/C12H22O2/c13-11(10-4-5-10)6-9-12(14)7-2-1-3-8-12/h10-11,13-14H,1-9H2. The van der Waals surface area contributed by atoms with Gasteiger partial charge in [0.25, 0.3) is 0 Å². The number of aliphatic hydroxyl groups is 2. The van der Waals surface area contributed by atoms with E-state index in [2.05, 4.69) is 0 Å². The largest absolute Gasteiger partial charge is 0.393 e. The van der Waals surface area contributed by atoms with Gasteiger partial charge >= 0.3 is 0 Å². The second-order valence-corrected chi connectivity index (χ2v) is 5.23. The number of rotatable bonds is 4. The maximum atomic E-state index is 10.2. The quantitative estimate of drug-likeness (QED) is 0.727. The van der Waals surface area contributed by atoms with Crippen molar-refractivity contribution < 1.29 is 10.2 Å². The van der Waals surface area contributed by atoms with Crippen LogP contribution in [0.5, 0.6) is 0 Å². The predicted octanol–water partition coefficient (Wildman–Crippen LogP) is 2.23. The lowest BCUT2D eigenvalue weighted by molar-refractivity contribution is -0.0173. The first-order chi connectivity index (χ1) is 6.70. The lowest BCUT2D eigenvalue weighted by atomic mass is 9.81. The minimum absolute atomic E-state index is 0.138. The summed E-state index contributed by atoms with van der Waals surface area (Å²) in [6, 6.07) is 0. The van der Waals surface area contributed by atoms with Gasteiger partial charge in [-0.2, -0.15) is 0 Å². The molecule has 1 atom stereocenters. The number of hydrogen-bond acceptors (Lipinski definition) is 2. The number of hydrogen-bond donors (Lipinski definition) is 2. The van der Waals surface area contributed by atoms with Gasteiger partial charge in [-0.3, -0.25) is 0 Å². The molecular formula is C12H22O2. The van der Waals surface area contributed by atoms with E-state index in [9.17, 15) is 10.2 Å². The summed E-state index contributed by atoms with van der Waals surface area (Å²) in [5, 5.41) is 19.9. The van der Waals surface area contributed by atoms with Crippen LogP contribution >= 0.6 is 0 Å². The summed E-state index contributed by atoms with van der Waals surface area (Å²) < 4.78 is 0. The third-order valence-electron chi connectivity index (χ3n) is 3.86. The van der Waals surface area contributed by atoms with Crippen molar-refractivity contribution in [2.75, 3.05) is 0 Å². The molecule has 14 heavy (non-hydrogen) atoms. The molecule has 2 nitrogen and oxygen atoms in total. The minimum Gasteiger partial charge on any atom is -0.393 e. The van der Waals surface area contributed by atoms with Crippen LogP contribution in [0.2, 0.25) is 0 Å². The molecule has 2 fully saturated rings. The molecule has 0 aromatic rings. The van der Waals surface area contributed by atoms with E-state index in [1.807, 2.05) is 0 Å². The topological polar surface area (TPSA) is 40.5 Å². The van der Waals surface area contributed by atoms with Crippen molar-refractivity contribution in [1.29, 1.82) is 0 Å². The van der Waals surface area contributed by atoms with Gasteiger partial charge in [-0.15, -0.1) is 0 Å². The molecule has 0 spiro atoms. The highest BCUT2D eigenvalue weighted by Crippen LogP contribution is 2.37. The molecule has 0 heterocycles. The summed E-state index contributed by atoms with van der Waals surface area (Å²) in [6.07, 6.45) is 9.36. The van der Waals surface area contributed by atoms with Crippen LogP contribution in [0.1, 0.15) is 57.8 Å². The normalized spacial score (nSPS) is 28.7. The first-order valence-corrected chi connectivity index (χ1v) is 6.10. The average molecular weight is 198 g/mol. The Bertz CT molecular complexity index is 181. The van der Waals surface area contributed by atoms with E-state index in [0.717, 1.165) is 38.5 Å². The molecule has 0 bridgehead atoms. The van der Waals surface area contributed by atoms with Crippen molar-refractivity contribution in [3.63, 3.8) is 0 Å². The molecule has 2 N–H and O–H groups in total. The van der Waals surface area contributed by atoms with Crippen LogP contribution in [0.25, 0.3) is 0 Å². The third-order valence-corrected chi connectivity index (χ3v) is 3.86. The second kappa shape index (κ2) is 4.19. The first kappa shape index (κ1) is 10.4. The van der Waals surface area contributed by atoms with E-state index in [1.165, 1.54) is 19.3 Å². The van der Waals surface area contributed by atoms with E-state index in [-0.39, 0.29) is 6.10 Å². The van der Waals surface area contributed by atoms with Gasteiger partial charge in [-0.1, -0.05) is 19.3 Å². The van der Waals surface area contributed by atoms with Crippen LogP contribution in [0.15, 0.2) is 0 Å². The molecule has 2 aliphatic rings. The molecule has 82 valence electrons. The van der Waals surface area contributed by atoms with Crippen molar-refractivity contribution in [3.05, 3.63) is 0 Å². The van der Waals surface area contributed by atoms with Gasteiger partial charge in [0.1, 0.15) is 0 Å². The molecule has 0 aromatic heterocycles. The van der Waals surface area contributed by atoms with Crippen molar-refractivity contribution in [1.82, 2.24) is 0 Å². The van der Waals surface area contributed by atoms with Crippen molar-refractivity contribution in [3.8, 4) is 0 Å². The fourth-order valence-electron chi connectivity index (χ4n) is 2.59. The molecule has 0 aliphatic heterocycles. The lowest BCUT2D eigenvalue weighted by Crippen LogP contribution is -2.32. The Labute approximate surface area is 86.3 Å². The monoisotopic (exact) mass is 198 g/mol. The molecule has 1 unspecified atom stereocenters. The molecule has 0 radical (unpaired) electrons. The van der Waals surface area contributed by atoms with E-state index < -0.39 is 5.60 Å². The van der Waals surface area contributed by atoms with Crippen LogP contribution < -0.4 is 0 Å². The zero-order valence-electron chi connectivity index (χ0n) is 8.91. The fourth-order valence-corrected chi connectivity index (χ4v) is 2.59. The summed E-state index contributed by atoms with van der Waals surface area (Å²) in [5.41, 5.74) is -0.436. The first-order valence-electron chi connectivity index (χ1n) is 6.10. The van der Waals surface area contributed by atoms with Crippen molar-refractivity contribution in [2.24, 2.45) is 5.92 Å². The Morgan fingerprint density at radius 1 is 1.14 bits per heavy atom. The summed E-state index contributed by atoms with van der Waals surface area (Å²) in [4.78, 5) is 0. The van der Waals surface area contributed by atoms with E-state index in [4.69, 9.17) is 0 Å². The van der Waals surface area contributed by atoms with E-state index >= 15 is 0 Å². The van der Waals surface area contributed by atoms with Gasteiger partial charge in [-0.05, 0) is 44.4 Å². The SMILES string of the molecule is OC(CCC1(O)CCCCC1)C1CC1. The second-order valence-electron chi connectivity index (χ2n) is 5.23. The minimum atomic E-state index is -0.436. The fraction of sp³-hybridized carbons (Fsp3) is 1.00. The Morgan fingerprint density at radius 2 is 1.79 bits per heavy atom. The van der Waals surface area contributed by atoms with Gasteiger partial charge < -0.3 is 10.2 Å². The van der Waals surface area contributed by atoms with Gasteiger partial charge in [0, 0.05) is 0 Å². The predicted molar refractivity (Wildman–Crippen MR) is 56.0 cm³/mol. The zero-order chi connectivity index (χ0) is 10.0. The Balaban J connectivity index is 1.71.